The first-order valence-corrected chi connectivity index (χ1v) is 8.39. The Balaban J connectivity index is 1.71. The molecule has 128 valence electrons. The quantitative estimate of drug-likeness (QED) is 0.905. The largest absolute Gasteiger partial charge is 0.392 e. The van der Waals surface area contributed by atoms with Crippen LogP contribution in [0.25, 0.3) is 10.7 Å². The van der Waals surface area contributed by atoms with E-state index in [1.807, 2.05) is 0 Å². The summed E-state index contributed by atoms with van der Waals surface area (Å²) in [5.41, 5.74) is 0.598. The summed E-state index contributed by atoms with van der Waals surface area (Å²) in [5.74, 6) is -3.30. The smallest absolute Gasteiger partial charge is 0.300 e. The van der Waals surface area contributed by atoms with Gasteiger partial charge in [-0.05, 0) is 25.0 Å². The molecule has 1 N–H and O–H groups in total. The molecule has 2 aromatic heterocycles. The lowest BCUT2D eigenvalue weighted by atomic mass is 9.78. The van der Waals surface area contributed by atoms with Crippen LogP contribution in [0.15, 0.2) is 24.4 Å². The van der Waals surface area contributed by atoms with Crippen molar-refractivity contribution in [2.24, 2.45) is 11.8 Å². The third-order valence-electron chi connectivity index (χ3n) is 4.06. The number of anilines is 1. The van der Waals surface area contributed by atoms with Gasteiger partial charge in [-0.3, -0.25) is 9.78 Å². The number of hydrogen-bond acceptors (Lipinski definition) is 5. The summed E-state index contributed by atoms with van der Waals surface area (Å²) in [5, 5.41) is 10.9. The van der Waals surface area contributed by atoms with Crippen molar-refractivity contribution >= 4 is 22.4 Å². The van der Waals surface area contributed by atoms with Crippen molar-refractivity contribution in [1.82, 2.24) is 15.2 Å². The minimum absolute atomic E-state index is 0.00308. The SMILES string of the molecule is O=C(Nc1nnc(-c2ccccn2)s1)[C@@H]1CCCC[C@@H]1C(F)(F)F. The lowest BCUT2D eigenvalue weighted by Crippen LogP contribution is -2.39. The fraction of sp³-hybridized carbons (Fsp3) is 0.467. The monoisotopic (exact) mass is 356 g/mol. The number of halogens is 3. The van der Waals surface area contributed by atoms with Crippen LogP contribution in [-0.2, 0) is 4.79 Å². The van der Waals surface area contributed by atoms with Gasteiger partial charge in [0.25, 0.3) is 0 Å². The number of aromatic nitrogens is 3. The topological polar surface area (TPSA) is 67.8 Å². The van der Waals surface area contributed by atoms with Crippen molar-refractivity contribution in [3.63, 3.8) is 0 Å². The molecule has 2 heterocycles. The molecule has 0 spiro atoms. The number of carbonyl (C=O) groups is 1. The molecule has 2 aromatic rings. The van der Waals surface area contributed by atoms with Crippen LogP contribution in [0, 0.1) is 11.8 Å². The summed E-state index contributed by atoms with van der Waals surface area (Å²) < 4.78 is 39.3. The van der Waals surface area contributed by atoms with E-state index in [4.69, 9.17) is 0 Å². The van der Waals surface area contributed by atoms with Gasteiger partial charge in [0.1, 0.15) is 5.69 Å². The number of carbonyl (C=O) groups excluding carboxylic acids is 1. The molecule has 1 fully saturated rings. The summed E-state index contributed by atoms with van der Waals surface area (Å²) in [6.45, 7) is 0. The van der Waals surface area contributed by atoms with Crippen LogP contribution in [0.1, 0.15) is 25.7 Å². The maximum absolute atomic E-state index is 13.1. The van der Waals surface area contributed by atoms with E-state index in [0.717, 1.165) is 11.3 Å². The predicted octanol–water partition coefficient (Wildman–Crippen LogP) is 3.91. The Kier molecular flexibility index (Phi) is 4.79. The van der Waals surface area contributed by atoms with Crippen molar-refractivity contribution in [2.45, 2.75) is 31.9 Å². The molecule has 0 radical (unpaired) electrons. The Hall–Kier alpha value is -2.03. The van der Waals surface area contributed by atoms with E-state index in [9.17, 15) is 18.0 Å². The third kappa shape index (κ3) is 3.72. The molecule has 0 saturated heterocycles. The molecule has 0 aliphatic heterocycles. The van der Waals surface area contributed by atoms with Crippen molar-refractivity contribution in [3.8, 4) is 10.7 Å². The van der Waals surface area contributed by atoms with E-state index >= 15 is 0 Å². The molecule has 1 amide bonds. The van der Waals surface area contributed by atoms with E-state index in [0.29, 0.717) is 23.5 Å². The average Bonchev–Trinajstić information content (AvgIpc) is 3.03. The molecule has 2 atom stereocenters. The van der Waals surface area contributed by atoms with Crippen molar-refractivity contribution < 1.29 is 18.0 Å². The number of rotatable bonds is 3. The number of hydrogen-bond donors (Lipinski definition) is 1. The number of alkyl halides is 3. The maximum atomic E-state index is 13.1. The molecule has 1 aliphatic carbocycles. The molecule has 0 bridgehead atoms. The first-order valence-electron chi connectivity index (χ1n) is 7.57. The normalized spacial score (nSPS) is 21.5. The zero-order valence-electron chi connectivity index (χ0n) is 12.6. The molecule has 5 nitrogen and oxygen atoms in total. The first kappa shape index (κ1) is 16.8. The van der Waals surface area contributed by atoms with Gasteiger partial charge in [0.05, 0.1) is 5.92 Å². The molecule has 0 unspecified atom stereocenters. The second kappa shape index (κ2) is 6.84. The summed E-state index contributed by atoms with van der Waals surface area (Å²) in [6, 6.07) is 5.29. The molecule has 1 saturated carbocycles. The summed E-state index contributed by atoms with van der Waals surface area (Å²) >= 11 is 1.09. The van der Waals surface area contributed by atoms with Gasteiger partial charge in [0.15, 0.2) is 5.01 Å². The third-order valence-corrected chi connectivity index (χ3v) is 4.92. The van der Waals surface area contributed by atoms with Crippen LogP contribution in [0.4, 0.5) is 18.3 Å². The molecular formula is C15H15F3N4OS. The molecule has 1 aliphatic rings. The lowest BCUT2D eigenvalue weighted by molar-refractivity contribution is -0.197. The fourth-order valence-electron chi connectivity index (χ4n) is 2.90. The van der Waals surface area contributed by atoms with Gasteiger partial charge in [-0.25, -0.2) is 0 Å². The van der Waals surface area contributed by atoms with Gasteiger partial charge in [0.2, 0.25) is 11.0 Å². The Labute approximate surface area is 140 Å². The van der Waals surface area contributed by atoms with Crippen molar-refractivity contribution in [2.75, 3.05) is 5.32 Å². The highest BCUT2D eigenvalue weighted by Gasteiger charge is 2.48. The van der Waals surface area contributed by atoms with Gasteiger partial charge in [-0.15, -0.1) is 10.2 Å². The number of amides is 1. The van der Waals surface area contributed by atoms with Gasteiger partial charge < -0.3 is 5.32 Å². The van der Waals surface area contributed by atoms with Crippen LogP contribution >= 0.6 is 11.3 Å². The number of nitrogens with zero attached hydrogens (tertiary/aromatic N) is 3. The summed E-state index contributed by atoms with van der Waals surface area (Å²) in [7, 11) is 0. The second-order valence-corrected chi connectivity index (χ2v) is 6.63. The second-order valence-electron chi connectivity index (χ2n) is 5.66. The Morgan fingerprint density at radius 3 is 2.71 bits per heavy atom. The highest BCUT2D eigenvalue weighted by atomic mass is 32.1. The fourth-order valence-corrected chi connectivity index (χ4v) is 3.62. The standard InChI is InChI=1S/C15H15F3N4OS/c16-15(17,18)10-6-2-1-5-9(10)12(23)20-14-22-21-13(24-14)11-7-3-4-8-19-11/h3-4,7-10H,1-2,5-6H2,(H,20,22,23)/t9-,10+/m1/s1. The Morgan fingerprint density at radius 1 is 1.21 bits per heavy atom. The van der Waals surface area contributed by atoms with E-state index in [-0.39, 0.29) is 18.0 Å². The van der Waals surface area contributed by atoms with Crippen LogP contribution in [0.3, 0.4) is 0 Å². The van der Waals surface area contributed by atoms with Gasteiger partial charge in [0, 0.05) is 12.1 Å². The highest BCUT2D eigenvalue weighted by molar-refractivity contribution is 7.18. The maximum Gasteiger partial charge on any atom is 0.392 e. The molecule has 0 aromatic carbocycles. The van der Waals surface area contributed by atoms with E-state index in [1.54, 1.807) is 24.4 Å². The Bertz CT molecular complexity index is 704. The van der Waals surface area contributed by atoms with Crippen molar-refractivity contribution in [3.05, 3.63) is 24.4 Å². The number of pyridine rings is 1. The summed E-state index contributed by atoms with van der Waals surface area (Å²) in [4.78, 5) is 16.4. The zero-order valence-corrected chi connectivity index (χ0v) is 13.4. The number of nitrogens with one attached hydrogen (secondary N) is 1. The lowest BCUT2D eigenvalue weighted by Gasteiger charge is -2.31. The van der Waals surface area contributed by atoms with Crippen LogP contribution in [-0.4, -0.2) is 27.3 Å². The van der Waals surface area contributed by atoms with Crippen molar-refractivity contribution in [1.29, 1.82) is 0 Å². The summed E-state index contributed by atoms with van der Waals surface area (Å²) in [6.07, 6.45) is -1.40. The molecule has 3 rings (SSSR count). The van der Waals surface area contributed by atoms with Gasteiger partial charge in [-0.1, -0.05) is 30.2 Å². The van der Waals surface area contributed by atoms with Gasteiger partial charge in [-0.2, -0.15) is 13.2 Å². The predicted molar refractivity (Wildman–Crippen MR) is 83.3 cm³/mol. The van der Waals surface area contributed by atoms with Crippen LogP contribution in [0.5, 0.6) is 0 Å². The van der Waals surface area contributed by atoms with E-state index in [2.05, 4.69) is 20.5 Å². The molecular weight excluding hydrogens is 341 g/mol. The highest BCUT2D eigenvalue weighted by Crippen LogP contribution is 2.42. The van der Waals surface area contributed by atoms with Gasteiger partial charge >= 0.3 is 6.18 Å². The van der Waals surface area contributed by atoms with Crippen LogP contribution in [0.2, 0.25) is 0 Å². The minimum atomic E-state index is -4.36. The molecule has 9 heteroatoms. The van der Waals surface area contributed by atoms with E-state index in [1.165, 1.54) is 0 Å². The minimum Gasteiger partial charge on any atom is -0.300 e. The molecule has 24 heavy (non-hydrogen) atoms. The Morgan fingerprint density at radius 2 is 2.00 bits per heavy atom. The first-order chi connectivity index (χ1) is 11.4. The van der Waals surface area contributed by atoms with Crippen LogP contribution < -0.4 is 5.32 Å². The average molecular weight is 356 g/mol. The zero-order chi connectivity index (χ0) is 17.2. The van der Waals surface area contributed by atoms with E-state index < -0.39 is 23.9 Å².